The van der Waals surface area contributed by atoms with Gasteiger partial charge < -0.3 is 9.73 Å². The highest BCUT2D eigenvalue weighted by Gasteiger charge is 1.98. The molecule has 0 aromatic carbocycles. The molecule has 0 spiro atoms. The highest BCUT2D eigenvalue weighted by atomic mass is 16.3. The van der Waals surface area contributed by atoms with Crippen LogP contribution in [0, 0.1) is 0 Å². The molecule has 80 valence electrons. The molecule has 0 radical (unpaired) electrons. The summed E-state index contributed by atoms with van der Waals surface area (Å²) in [6.45, 7) is 3.80. The third kappa shape index (κ3) is 2.62. The summed E-state index contributed by atoms with van der Waals surface area (Å²) in [5.74, 6) is 0.929. The van der Waals surface area contributed by atoms with Crippen LogP contribution in [0.4, 0.5) is 5.69 Å². The summed E-state index contributed by atoms with van der Waals surface area (Å²) in [6.07, 6.45) is 6.61. The molecule has 0 saturated carbocycles. The Balaban J connectivity index is 1.88. The van der Waals surface area contributed by atoms with Gasteiger partial charge >= 0.3 is 0 Å². The molecule has 0 aliphatic carbocycles. The van der Waals surface area contributed by atoms with Gasteiger partial charge in [-0.05, 0) is 18.6 Å². The minimum Gasteiger partial charge on any atom is -0.467 e. The number of aromatic nitrogens is 2. The van der Waals surface area contributed by atoms with Crippen LogP contribution in [0.5, 0.6) is 0 Å². The summed E-state index contributed by atoms with van der Waals surface area (Å²) >= 11 is 0. The van der Waals surface area contributed by atoms with Gasteiger partial charge in [0, 0.05) is 12.7 Å². The Morgan fingerprint density at radius 3 is 3.20 bits per heavy atom. The lowest BCUT2D eigenvalue weighted by Gasteiger charge is -1.99. The van der Waals surface area contributed by atoms with E-state index in [2.05, 4.69) is 17.3 Å². The molecule has 0 atom stereocenters. The van der Waals surface area contributed by atoms with Gasteiger partial charge in [-0.25, -0.2) is 0 Å². The Bertz CT molecular complexity index is 392. The summed E-state index contributed by atoms with van der Waals surface area (Å²) in [7, 11) is 0. The number of aryl methyl sites for hydroxylation is 1. The van der Waals surface area contributed by atoms with Crippen molar-refractivity contribution in [2.24, 2.45) is 0 Å². The van der Waals surface area contributed by atoms with Gasteiger partial charge in [0.05, 0.1) is 24.7 Å². The molecule has 0 aliphatic heterocycles. The lowest BCUT2D eigenvalue weighted by molar-refractivity contribution is 0.518. The lowest BCUT2D eigenvalue weighted by Crippen LogP contribution is -1.98. The molecule has 2 aromatic rings. The average Bonchev–Trinajstić information content (AvgIpc) is 2.85. The Morgan fingerprint density at radius 2 is 2.47 bits per heavy atom. The quantitative estimate of drug-likeness (QED) is 0.815. The van der Waals surface area contributed by atoms with E-state index in [9.17, 15) is 0 Å². The van der Waals surface area contributed by atoms with E-state index in [0.717, 1.165) is 24.4 Å². The second-order valence-electron chi connectivity index (χ2n) is 3.43. The van der Waals surface area contributed by atoms with E-state index in [-0.39, 0.29) is 0 Å². The number of hydrogen-bond acceptors (Lipinski definition) is 3. The Hall–Kier alpha value is -1.71. The Labute approximate surface area is 88.9 Å². The SMILES string of the molecule is CCCn1cc(NCc2ccco2)cn1. The van der Waals surface area contributed by atoms with Crippen LogP contribution in [0.1, 0.15) is 19.1 Å². The number of nitrogens with one attached hydrogen (secondary N) is 1. The van der Waals surface area contributed by atoms with Crippen LogP contribution in [0.2, 0.25) is 0 Å². The molecule has 15 heavy (non-hydrogen) atoms. The van der Waals surface area contributed by atoms with Crippen molar-refractivity contribution in [3.63, 3.8) is 0 Å². The van der Waals surface area contributed by atoms with Crippen LogP contribution in [0.25, 0.3) is 0 Å². The van der Waals surface area contributed by atoms with Crippen LogP contribution in [-0.2, 0) is 13.1 Å². The second-order valence-corrected chi connectivity index (χ2v) is 3.43. The third-order valence-corrected chi connectivity index (χ3v) is 2.13. The third-order valence-electron chi connectivity index (χ3n) is 2.13. The van der Waals surface area contributed by atoms with Crippen molar-refractivity contribution in [1.82, 2.24) is 9.78 Å². The maximum atomic E-state index is 5.22. The summed E-state index contributed by atoms with van der Waals surface area (Å²) in [4.78, 5) is 0. The standard InChI is InChI=1S/C11H15N3O/c1-2-5-14-9-10(7-13-14)12-8-11-4-3-6-15-11/h3-4,6-7,9,12H,2,5,8H2,1H3. The van der Waals surface area contributed by atoms with Gasteiger partial charge in [0.25, 0.3) is 0 Å². The number of anilines is 1. The summed E-state index contributed by atoms with van der Waals surface area (Å²) in [5, 5.41) is 7.48. The van der Waals surface area contributed by atoms with E-state index in [4.69, 9.17) is 4.42 Å². The van der Waals surface area contributed by atoms with Gasteiger partial charge in [-0.2, -0.15) is 5.10 Å². The fraction of sp³-hybridized carbons (Fsp3) is 0.364. The monoisotopic (exact) mass is 205 g/mol. The molecule has 0 bridgehead atoms. The van der Waals surface area contributed by atoms with Gasteiger partial charge in [-0.1, -0.05) is 6.92 Å². The average molecular weight is 205 g/mol. The van der Waals surface area contributed by atoms with Gasteiger partial charge in [0.1, 0.15) is 5.76 Å². The van der Waals surface area contributed by atoms with Crippen molar-refractivity contribution < 1.29 is 4.42 Å². The topological polar surface area (TPSA) is 43.0 Å². The first-order valence-corrected chi connectivity index (χ1v) is 5.17. The van der Waals surface area contributed by atoms with E-state index in [0.29, 0.717) is 6.54 Å². The molecular formula is C11H15N3O. The van der Waals surface area contributed by atoms with E-state index in [1.54, 1.807) is 6.26 Å². The van der Waals surface area contributed by atoms with Crippen molar-refractivity contribution >= 4 is 5.69 Å². The predicted molar refractivity (Wildman–Crippen MR) is 58.6 cm³/mol. The van der Waals surface area contributed by atoms with Crippen molar-refractivity contribution in [2.45, 2.75) is 26.4 Å². The first kappa shape index (κ1) is 9.83. The highest BCUT2D eigenvalue weighted by molar-refractivity contribution is 5.38. The van der Waals surface area contributed by atoms with Crippen LogP contribution in [0.15, 0.2) is 35.2 Å². The maximum absolute atomic E-state index is 5.22. The van der Waals surface area contributed by atoms with Crippen LogP contribution < -0.4 is 5.32 Å². The van der Waals surface area contributed by atoms with Gasteiger partial charge in [-0.3, -0.25) is 4.68 Å². The molecule has 2 aromatic heterocycles. The molecule has 0 aliphatic rings. The molecule has 0 amide bonds. The molecule has 0 saturated heterocycles. The number of rotatable bonds is 5. The predicted octanol–water partition coefficient (Wildman–Crippen LogP) is 2.50. The Kier molecular flexibility index (Phi) is 3.07. The molecular weight excluding hydrogens is 190 g/mol. The van der Waals surface area contributed by atoms with E-state index in [1.807, 2.05) is 29.2 Å². The second kappa shape index (κ2) is 4.68. The summed E-state index contributed by atoms with van der Waals surface area (Å²) < 4.78 is 7.15. The molecule has 0 unspecified atom stereocenters. The van der Waals surface area contributed by atoms with Gasteiger partial charge in [0.15, 0.2) is 0 Å². The van der Waals surface area contributed by atoms with Crippen molar-refractivity contribution in [3.05, 3.63) is 36.5 Å². The van der Waals surface area contributed by atoms with Crippen LogP contribution in [0.3, 0.4) is 0 Å². The summed E-state index contributed by atoms with van der Waals surface area (Å²) in [6, 6.07) is 3.83. The molecule has 4 heteroatoms. The van der Waals surface area contributed by atoms with Gasteiger partial charge in [-0.15, -0.1) is 0 Å². The number of nitrogens with zero attached hydrogens (tertiary/aromatic N) is 2. The number of hydrogen-bond donors (Lipinski definition) is 1. The molecule has 4 nitrogen and oxygen atoms in total. The van der Waals surface area contributed by atoms with Crippen LogP contribution >= 0.6 is 0 Å². The normalized spacial score (nSPS) is 10.5. The lowest BCUT2D eigenvalue weighted by atomic mass is 10.4. The zero-order valence-corrected chi connectivity index (χ0v) is 8.81. The molecule has 0 fully saturated rings. The molecule has 1 N–H and O–H groups in total. The molecule has 2 rings (SSSR count). The molecule has 2 heterocycles. The van der Waals surface area contributed by atoms with Crippen molar-refractivity contribution in [3.8, 4) is 0 Å². The van der Waals surface area contributed by atoms with E-state index in [1.165, 1.54) is 0 Å². The van der Waals surface area contributed by atoms with Crippen molar-refractivity contribution in [2.75, 3.05) is 5.32 Å². The zero-order valence-electron chi connectivity index (χ0n) is 8.81. The fourth-order valence-corrected chi connectivity index (χ4v) is 1.41. The van der Waals surface area contributed by atoms with E-state index >= 15 is 0 Å². The van der Waals surface area contributed by atoms with Gasteiger partial charge in [0.2, 0.25) is 0 Å². The Morgan fingerprint density at radius 1 is 1.53 bits per heavy atom. The minimum absolute atomic E-state index is 0.699. The fourth-order valence-electron chi connectivity index (χ4n) is 1.41. The smallest absolute Gasteiger partial charge is 0.122 e. The summed E-state index contributed by atoms with van der Waals surface area (Å²) in [5.41, 5.74) is 1.03. The highest BCUT2D eigenvalue weighted by Crippen LogP contribution is 2.08. The minimum atomic E-state index is 0.699. The first-order chi connectivity index (χ1) is 7.38. The zero-order chi connectivity index (χ0) is 10.5. The maximum Gasteiger partial charge on any atom is 0.122 e. The van der Waals surface area contributed by atoms with Crippen LogP contribution in [-0.4, -0.2) is 9.78 Å². The number of furan rings is 1. The van der Waals surface area contributed by atoms with Crippen molar-refractivity contribution in [1.29, 1.82) is 0 Å². The van der Waals surface area contributed by atoms with E-state index < -0.39 is 0 Å². The largest absolute Gasteiger partial charge is 0.467 e. The first-order valence-electron chi connectivity index (χ1n) is 5.17.